The SMILES string of the molecule is Cl.Cl.NC1CC(c2cc(NCc3cn[nH]c3-c3cccs3)ncn2)C1. The van der Waals surface area contributed by atoms with E-state index in [0.717, 1.165) is 35.6 Å². The number of hydrogen-bond donors (Lipinski definition) is 3. The zero-order valence-electron chi connectivity index (χ0n) is 13.4. The Balaban J connectivity index is 0.00000113. The van der Waals surface area contributed by atoms with Crippen LogP contribution in [0, 0.1) is 0 Å². The lowest BCUT2D eigenvalue weighted by Gasteiger charge is -2.31. The Labute approximate surface area is 162 Å². The molecule has 3 aromatic heterocycles. The second-order valence-corrected chi connectivity index (χ2v) is 6.81. The molecule has 1 fully saturated rings. The maximum Gasteiger partial charge on any atom is 0.129 e. The normalized spacial score (nSPS) is 18.6. The number of aromatic nitrogens is 4. The standard InChI is InChI=1S/C16H18N6S.2ClH/c17-12-4-10(5-12)13-6-15(20-9-19-13)18-7-11-8-21-22-16(11)14-2-1-3-23-14;;/h1-3,6,8-10,12H,4-5,7,17H2,(H,21,22)(H,18,19,20);2*1H. The van der Waals surface area contributed by atoms with Gasteiger partial charge in [-0.25, -0.2) is 9.97 Å². The first-order valence-corrected chi connectivity index (χ1v) is 8.55. The number of aromatic amines is 1. The molecule has 25 heavy (non-hydrogen) atoms. The van der Waals surface area contributed by atoms with E-state index in [-0.39, 0.29) is 24.8 Å². The quantitative estimate of drug-likeness (QED) is 0.610. The molecule has 3 aromatic rings. The van der Waals surface area contributed by atoms with E-state index in [1.807, 2.05) is 18.3 Å². The lowest BCUT2D eigenvalue weighted by molar-refractivity contribution is 0.345. The highest BCUT2D eigenvalue weighted by molar-refractivity contribution is 7.13. The van der Waals surface area contributed by atoms with Crippen LogP contribution < -0.4 is 11.1 Å². The second-order valence-electron chi connectivity index (χ2n) is 5.86. The molecule has 0 spiro atoms. The molecule has 6 nitrogen and oxygen atoms in total. The van der Waals surface area contributed by atoms with Crippen molar-refractivity contribution >= 4 is 42.0 Å². The minimum absolute atomic E-state index is 0. The monoisotopic (exact) mass is 398 g/mol. The van der Waals surface area contributed by atoms with Gasteiger partial charge in [-0.3, -0.25) is 5.10 Å². The molecule has 0 unspecified atom stereocenters. The summed E-state index contributed by atoms with van der Waals surface area (Å²) in [5.41, 5.74) is 9.13. The van der Waals surface area contributed by atoms with Crippen molar-refractivity contribution in [2.75, 3.05) is 5.32 Å². The highest BCUT2D eigenvalue weighted by Gasteiger charge is 2.28. The number of H-pyrrole nitrogens is 1. The van der Waals surface area contributed by atoms with Gasteiger partial charge in [0.1, 0.15) is 12.1 Å². The Morgan fingerprint density at radius 3 is 2.84 bits per heavy atom. The maximum absolute atomic E-state index is 5.86. The van der Waals surface area contributed by atoms with Crippen LogP contribution in [0.15, 0.2) is 36.1 Å². The van der Waals surface area contributed by atoms with Gasteiger partial charge in [0.2, 0.25) is 0 Å². The van der Waals surface area contributed by atoms with Gasteiger partial charge in [0, 0.05) is 35.8 Å². The molecular weight excluding hydrogens is 379 g/mol. The Bertz CT molecular complexity index is 786. The molecule has 0 radical (unpaired) electrons. The molecule has 0 bridgehead atoms. The van der Waals surface area contributed by atoms with E-state index in [9.17, 15) is 0 Å². The number of anilines is 1. The number of rotatable bonds is 5. The van der Waals surface area contributed by atoms with Crippen molar-refractivity contribution in [2.45, 2.75) is 31.3 Å². The molecule has 0 aliphatic heterocycles. The van der Waals surface area contributed by atoms with E-state index in [2.05, 4.69) is 36.9 Å². The number of hydrogen-bond acceptors (Lipinski definition) is 6. The molecule has 4 rings (SSSR count). The van der Waals surface area contributed by atoms with E-state index >= 15 is 0 Å². The van der Waals surface area contributed by atoms with Crippen LogP contribution in [0.2, 0.25) is 0 Å². The van der Waals surface area contributed by atoms with Crippen LogP contribution in [0.25, 0.3) is 10.6 Å². The van der Waals surface area contributed by atoms with Crippen molar-refractivity contribution in [3.63, 3.8) is 0 Å². The number of nitrogens with zero attached hydrogens (tertiary/aromatic N) is 3. The van der Waals surface area contributed by atoms with Crippen molar-refractivity contribution in [3.8, 4) is 10.6 Å². The average molecular weight is 399 g/mol. The maximum atomic E-state index is 5.86. The molecule has 1 saturated carbocycles. The van der Waals surface area contributed by atoms with Crippen LogP contribution in [0.4, 0.5) is 5.82 Å². The Morgan fingerprint density at radius 1 is 1.28 bits per heavy atom. The fraction of sp³-hybridized carbons (Fsp3) is 0.312. The third-order valence-corrected chi connectivity index (χ3v) is 5.11. The number of nitrogens with two attached hydrogens (primary N) is 1. The summed E-state index contributed by atoms with van der Waals surface area (Å²) >= 11 is 1.70. The zero-order valence-corrected chi connectivity index (χ0v) is 15.8. The predicted molar refractivity (Wildman–Crippen MR) is 106 cm³/mol. The van der Waals surface area contributed by atoms with E-state index in [1.54, 1.807) is 17.7 Å². The second kappa shape index (κ2) is 8.62. The van der Waals surface area contributed by atoms with Crippen LogP contribution in [0.3, 0.4) is 0 Å². The minimum atomic E-state index is 0. The van der Waals surface area contributed by atoms with E-state index in [1.165, 1.54) is 4.88 Å². The van der Waals surface area contributed by atoms with Crippen LogP contribution in [0.1, 0.15) is 30.0 Å². The fourth-order valence-corrected chi connectivity index (χ4v) is 3.62. The molecule has 134 valence electrons. The van der Waals surface area contributed by atoms with Crippen molar-refractivity contribution in [1.82, 2.24) is 20.2 Å². The first-order valence-electron chi connectivity index (χ1n) is 7.67. The molecule has 1 aliphatic rings. The lowest BCUT2D eigenvalue weighted by atomic mass is 9.79. The fourth-order valence-electron chi connectivity index (χ4n) is 2.86. The zero-order chi connectivity index (χ0) is 15.6. The van der Waals surface area contributed by atoms with Crippen LogP contribution in [0.5, 0.6) is 0 Å². The largest absolute Gasteiger partial charge is 0.366 e. The highest BCUT2D eigenvalue weighted by atomic mass is 35.5. The summed E-state index contributed by atoms with van der Waals surface area (Å²) < 4.78 is 0. The van der Waals surface area contributed by atoms with Gasteiger partial charge in [-0.1, -0.05) is 6.07 Å². The Morgan fingerprint density at radius 2 is 2.12 bits per heavy atom. The molecule has 3 heterocycles. The third kappa shape index (κ3) is 4.30. The van der Waals surface area contributed by atoms with Crippen LogP contribution in [-0.2, 0) is 6.54 Å². The van der Waals surface area contributed by atoms with E-state index in [4.69, 9.17) is 5.73 Å². The van der Waals surface area contributed by atoms with E-state index < -0.39 is 0 Å². The average Bonchev–Trinajstić information content (AvgIpc) is 3.20. The predicted octanol–water partition coefficient (Wildman–Crippen LogP) is 3.59. The van der Waals surface area contributed by atoms with Gasteiger partial charge < -0.3 is 11.1 Å². The summed E-state index contributed by atoms with van der Waals surface area (Å²) in [6.07, 6.45) is 5.51. The van der Waals surface area contributed by atoms with Gasteiger partial charge >= 0.3 is 0 Å². The molecular formula is C16H20Cl2N6S. The van der Waals surface area contributed by atoms with Gasteiger partial charge in [0.15, 0.2) is 0 Å². The summed E-state index contributed by atoms with van der Waals surface area (Å²) in [7, 11) is 0. The van der Waals surface area contributed by atoms with Crippen LogP contribution >= 0.6 is 36.2 Å². The molecule has 9 heteroatoms. The van der Waals surface area contributed by atoms with Crippen molar-refractivity contribution in [2.24, 2.45) is 5.73 Å². The highest BCUT2D eigenvalue weighted by Crippen LogP contribution is 2.35. The summed E-state index contributed by atoms with van der Waals surface area (Å²) in [4.78, 5) is 9.87. The molecule has 0 saturated heterocycles. The number of halogens is 2. The third-order valence-electron chi connectivity index (χ3n) is 4.23. The number of thiophene rings is 1. The van der Waals surface area contributed by atoms with Gasteiger partial charge in [0.05, 0.1) is 16.8 Å². The van der Waals surface area contributed by atoms with Gasteiger partial charge in [-0.05, 0) is 24.3 Å². The van der Waals surface area contributed by atoms with Crippen molar-refractivity contribution in [1.29, 1.82) is 0 Å². The Hall–Kier alpha value is -1.67. The van der Waals surface area contributed by atoms with Crippen LogP contribution in [-0.4, -0.2) is 26.2 Å². The topological polar surface area (TPSA) is 92.5 Å². The van der Waals surface area contributed by atoms with E-state index in [0.29, 0.717) is 18.5 Å². The molecule has 0 atom stereocenters. The molecule has 0 aromatic carbocycles. The molecule has 0 amide bonds. The first-order chi connectivity index (χ1) is 11.3. The van der Waals surface area contributed by atoms with Crippen molar-refractivity contribution in [3.05, 3.63) is 47.4 Å². The van der Waals surface area contributed by atoms with Crippen molar-refractivity contribution < 1.29 is 0 Å². The van der Waals surface area contributed by atoms with Gasteiger partial charge in [-0.2, -0.15) is 5.10 Å². The minimum Gasteiger partial charge on any atom is -0.366 e. The smallest absolute Gasteiger partial charge is 0.129 e. The van der Waals surface area contributed by atoms with Gasteiger partial charge in [0.25, 0.3) is 0 Å². The number of nitrogens with one attached hydrogen (secondary N) is 2. The summed E-state index contributed by atoms with van der Waals surface area (Å²) in [5.74, 6) is 1.32. The summed E-state index contributed by atoms with van der Waals surface area (Å²) in [6, 6.07) is 6.48. The first kappa shape index (κ1) is 19.7. The lowest BCUT2D eigenvalue weighted by Crippen LogP contribution is -2.35. The summed E-state index contributed by atoms with van der Waals surface area (Å²) in [5, 5.41) is 12.7. The summed E-state index contributed by atoms with van der Waals surface area (Å²) in [6.45, 7) is 0.671. The molecule has 1 aliphatic carbocycles. The van der Waals surface area contributed by atoms with Gasteiger partial charge in [-0.15, -0.1) is 36.2 Å². The Kier molecular flexibility index (Phi) is 6.78. The molecule has 4 N–H and O–H groups in total.